The molecule has 18 heavy (non-hydrogen) atoms. The summed E-state index contributed by atoms with van der Waals surface area (Å²) >= 11 is 5.77. The van der Waals surface area contributed by atoms with Crippen molar-refractivity contribution >= 4 is 23.5 Å². The Balaban J connectivity index is 1.85. The maximum absolute atomic E-state index is 13.2. The lowest BCUT2D eigenvalue weighted by atomic mass is 10.1. The number of nitrogens with zero attached hydrogens (tertiary/aromatic N) is 1. The summed E-state index contributed by atoms with van der Waals surface area (Å²) in [7, 11) is 0. The Kier molecular flexibility index (Phi) is 2.70. The highest BCUT2D eigenvalue weighted by Crippen LogP contribution is 2.26. The first-order chi connectivity index (χ1) is 8.61. The van der Waals surface area contributed by atoms with E-state index in [1.807, 2.05) is 0 Å². The molecule has 0 spiro atoms. The zero-order valence-corrected chi connectivity index (χ0v) is 10.2. The highest BCUT2D eigenvalue weighted by Gasteiger charge is 2.31. The van der Waals surface area contributed by atoms with Crippen molar-refractivity contribution in [1.82, 2.24) is 10.6 Å². The largest absolute Gasteiger partial charge is 0.353 e. The Morgan fingerprint density at radius 1 is 1.39 bits per heavy atom. The Morgan fingerprint density at radius 2 is 2.17 bits per heavy atom. The fourth-order valence-corrected chi connectivity index (χ4v) is 2.09. The molecule has 0 bridgehead atoms. The number of carbonyl (C=O) groups is 1. The number of amides is 1. The molecule has 3 rings (SSSR count). The average molecular weight is 268 g/mol. The molecule has 1 aliphatic carbocycles. The normalized spacial score (nSPS) is 22.7. The van der Waals surface area contributed by atoms with E-state index in [1.54, 1.807) is 6.07 Å². The van der Waals surface area contributed by atoms with Crippen LogP contribution in [0.15, 0.2) is 23.2 Å². The Bertz CT molecular complexity index is 522. The minimum Gasteiger partial charge on any atom is -0.353 e. The van der Waals surface area contributed by atoms with Crippen molar-refractivity contribution < 1.29 is 9.18 Å². The van der Waals surface area contributed by atoms with Crippen LogP contribution in [0.3, 0.4) is 0 Å². The molecule has 1 aromatic rings. The highest BCUT2D eigenvalue weighted by atomic mass is 35.5. The standard InChI is InChI=1S/C12H11ClFN3O/c13-7-3-6(4-8(14)5-7)10-11(18)17-12(16-10)15-9-1-2-9/h3-5,9-10H,1-2H2,(H2,15,16,17,18). The van der Waals surface area contributed by atoms with Crippen LogP contribution in [-0.4, -0.2) is 17.9 Å². The summed E-state index contributed by atoms with van der Waals surface area (Å²) in [5.74, 6) is -0.267. The van der Waals surface area contributed by atoms with Crippen LogP contribution < -0.4 is 10.6 Å². The summed E-state index contributed by atoms with van der Waals surface area (Å²) in [6, 6.07) is 3.71. The fraction of sp³-hybridized carbons (Fsp3) is 0.333. The van der Waals surface area contributed by atoms with Crippen molar-refractivity contribution in [3.05, 3.63) is 34.6 Å². The molecule has 1 atom stereocenters. The second-order valence-electron chi connectivity index (χ2n) is 4.49. The monoisotopic (exact) mass is 267 g/mol. The second-order valence-corrected chi connectivity index (χ2v) is 4.93. The third-order valence-corrected chi connectivity index (χ3v) is 3.09. The number of guanidine groups is 1. The van der Waals surface area contributed by atoms with E-state index in [-0.39, 0.29) is 10.9 Å². The molecule has 1 amide bonds. The Hall–Kier alpha value is -1.62. The van der Waals surface area contributed by atoms with Crippen LogP contribution in [0, 0.1) is 5.82 Å². The van der Waals surface area contributed by atoms with Gasteiger partial charge in [0, 0.05) is 11.1 Å². The number of aliphatic imine (C=N–C) groups is 1. The molecule has 1 fully saturated rings. The SMILES string of the molecule is O=C1NC(NC2CC2)=NC1c1cc(F)cc(Cl)c1. The first-order valence-electron chi connectivity index (χ1n) is 5.73. The number of nitrogens with one attached hydrogen (secondary N) is 2. The smallest absolute Gasteiger partial charge is 0.256 e. The molecular weight excluding hydrogens is 257 g/mol. The topological polar surface area (TPSA) is 53.5 Å². The van der Waals surface area contributed by atoms with Crippen molar-refractivity contribution in [1.29, 1.82) is 0 Å². The zero-order chi connectivity index (χ0) is 12.7. The van der Waals surface area contributed by atoms with Crippen LogP contribution >= 0.6 is 11.6 Å². The molecule has 0 aromatic heterocycles. The molecule has 1 heterocycles. The third-order valence-electron chi connectivity index (χ3n) is 2.87. The van der Waals surface area contributed by atoms with Gasteiger partial charge in [0.2, 0.25) is 0 Å². The molecule has 2 aliphatic rings. The number of rotatable bonds is 2. The lowest BCUT2D eigenvalue weighted by molar-refractivity contribution is -0.120. The second kappa shape index (κ2) is 4.24. The van der Waals surface area contributed by atoms with Gasteiger partial charge in [-0.3, -0.25) is 10.1 Å². The van der Waals surface area contributed by atoms with Crippen LogP contribution in [0.4, 0.5) is 4.39 Å². The van der Waals surface area contributed by atoms with Crippen molar-refractivity contribution in [2.45, 2.75) is 24.9 Å². The molecule has 94 valence electrons. The van der Waals surface area contributed by atoms with Gasteiger partial charge >= 0.3 is 0 Å². The molecular formula is C12H11ClFN3O. The van der Waals surface area contributed by atoms with Gasteiger partial charge < -0.3 is 5.32 Å². The van der Waals surface area contributed by atoms with Crippen molar-refractivity contribution in [3.8, 4) is 0 Å². The predicted octanol–water partition coefficient (Wildman–Crippen LogP) is 1.76. The summed E-state index contributed by atoms with van der Waals surface area (Å²) in [6.45, 7) is 0. The van der Waals surface area contributed by atoms with Gasteiger partial charge in [-0.25, -0.2) is 9.38 Å². The summed E-state index contributed by atoms with van der Waals surface area (Å²) in [4.78, 5) is 16.0. The van der Waals surface area contributed by atoms with Gasteiger partial charge in [0.25, 0.3) is 5.91 Å². The molecule has 1 aliphatic heterocycles. The van der Waals surface area contributed by atoms with E-state index >= 15 is 0 Å². The van der Waals surface area contributed by atoms with Crippen molar-refractivity contribution in [3.63, 3.8) is 0 Å². The van der Waals surface area contributed by atoms with Gasteiger partial charge in [0.05, 0.1) is 0 Å². The number of hydrogen-bond acceptors (Lipinski definition) is 3. The fourth-order valence-electron chi connectivity index (χ4n) is 1.86. The van der Waals surface area contributed by atoms with Crippen molar-refractivity contribution in [2.24, 2.45) is 4.99 Å². The van der Waals surface area contributed by atoms with Crippen LogP contribution in [0.5, 0.6) is 0 Å². The van der Waals surface area contributed by atoms with E-state index < -0.39 is 11.9 Å². The van der Waals surface area contributed by atoms with E-state index in [4.69, 9.17) is 11.6 Å². The molecule has 1 saturated carbocycles. The summed E-state index contributed by atoms with van der Waals surface area (Å²) in [5.41, 5.74) is 0.463. The maximum atomic E-state index is 13.2. The summed E-state index contributed by atoms with van der Waals surface area (Å²) in [6.07, 6.45) is 2.18. The maximum Gasteiger partial charge on any atom is 0.256 e. The van der Waals surface area contributed by atoms with Crippen molar-refractivity contribution in [2.75, 3.05) is 0 Å². The van der Waals surface area contributed by atoms with Gasteiger partial charge in [0.1, 0.15) is 5.82 Å². The predicted molar refractivity (Wildman–Crippen MR) is 65.9 cm³/mol. The zero-order valence-electron chi connectivity index (χ0n) is 9.41. The summed E-state index contributed by atoms with van der Waals surface area (Å²) in [5, 5.41) is 6.01. The quantitative estimate of drug-likeness (QED) is 0.858. The minimum atomic E-state index is -0.723. The summed E-state index contributed by atoms with van der Waals surface area (Å²) < 4.78 is 13.2. The Morgan fingerprint density at radius 3 is 2.83 bits per heavy atom. The van der Waals surface area contributed by atoms with E-state index in [2.05, 4.69) is 15.6 Å². The van der Waals surface area contributed by atoms with Gasteiger partial charge in [-0.05, 0) is 36.6 Å². The van der Waals surface area contributed by atoms with Gasteiger partial charge in [-0.2, -0.15) is 0 Å². The molecule has 1 aromatic carbocycles. The lowest BCUT2D eigenvalue weighted by Crippen LogP contribution is -2.37. The number of hydrogen-bond donors (Lipinski definition) is 2. The minimum absolute atomic E-state index is 0.261. The number of halogens is 2. The van der Waals surface area contributed by atoms with Crippen LogP contribution in [0.2, 0.25) is 5.02 Å². The molecule has 1 unspecified atom stereocenters. The van der Waals surface area contributed by atoms with Crippen LogP contribution in [-0.2, 0) is 4.79 Å². The number of carbonyl (C=O) groups excluding carboxylic acids is 1. The van der Waals surface area contributed by atoms with Gasteiger partial charge in [-0.15, -0.1) is 0 Å². The van der Waals surface area contributed by atoms with E-state index in [1.165, 1.54) is 12.1 Å². The molecule has 6 heteroatoms. The molecule has 0 saturated heterocycles. The highest BCUT2D eigenvalue weighted by molar-refractivity contribution is 6.30. The van der Waals surface area contributed by atoms with E-state index in [9.17, 15) is 9.18 Å². The van der Waals surface area contributed by atoms with Gasteiger partial charge in [-0.1, -0.05) is 11.6 Å². The molecule has 2 N–H and O–H groups in total. The molecule has 0 radical (unpaired) electrons. The van der Waals surface area contributed by atoms with Gasteiger partial charge in [0.15, 0.2) is 12.0 Å². The number of benzene rings is 1. The first kappa shape index (κ1) is 11.5. The third kappa shape index (κ3) is 2.31. The first-order valence-corrected chi connectivity index (χ1v) is 6.11. The lowest BCUT2D eigenvalue weighted by Gasteiger charge is -2.05. The average Bonchev–Trinajstić information content (AvgIpc) is 3.00. The molecule has 4 nitrogen and oxygen atoms in total. The van der Waals surface area contributed by atoms with Crippen LogP contribution in [0.25, 0.3) is 0 Å². The van der Waals surface area contributed by atoms with E-state index in [0.717, 1.165) is 12.8 Å². The van der Waals surface area contributed by atoms with Crippen LogP contribution in [0.1, 0.15) is 24.4 Å². The van der Waals surface area contributed by atoms with E-state index in [0.29, 0.717) is 17.6 Å². The Labute approximate surface area is 108 Å².